The second kappa shape index (κ2) is 8.55. The number of rotatable bonds is 5. The van der Waals surface area contributed by atoms with Crippen LogP contribution in [0.4, 0.5) is 5.13 Å². The number of thiazole rings is 1. The molecule has 5 nitrogen and oxygen atoms in total. The fraction of sp³-hybridized carbons (Fsp3) is 0.167. The first kappa shape index (κ1) is 19.9. The van der Waals surface area contributed by atoms with Crippen molar-refractivity contribution in [2.24, 2.45) is 0 Å². The van der Waals surface area contributed by atoms with Crippen LogP contribution in [0.25, 0.3) is 6.08 Å². The number of hydrogen-bond acceptors (Lipinski definition) is 5. The van der Waals surface area contributed by atoms with Gasteiger partial charge in [-0.25, -0.2) is 4.98 Å². The number of nitrogens with one attached hydrogen (secondary N) is 1. The largest absolute Gasteiger partial charge is 0.497 e. The Labute approximate surface area is 179 Å². The van der Waals surface area contributed by atoms with Crippen molar-refractivity contribution in [3.05, 3.63) is 87.6 Å². The molecule has 4 rings (SSSR count). The molecule has 0 unspecified atom stereocenters. The molecule has 6 heteroatoms. The van der Waals surface area contributed by atoms with Gasteiger partial charge in [-0.05, 0) is 60.9 Å². The number of aryl methyl sites for hydroxylation is 2. The topological polar surface area (TPSA) is 60.5 Å². The number of aromatic nitrogens is 1. The van der Waals surface area contributed by atoms with Crippen LogP contribution in [0.2, 0.25) is 0 Å². The third-order valence-corrected chi connectivity index (χ3v) is 5.87. The lowest BCUT2D eigenvalue weighted by Crippen LogP contribution is -2.12. The summed E-state index contributed by atoms with van der Waals surface area (Å²) in [6.07, 6.45) is 7.54. The Kier molecular flexibility index (Phi) is 5.68. The molecular weight excluding hydrogens is 396 g/mol. The Morgan fingerprint density at radius 3 is 2.83 bits per heavy atom. The highest BCUT2D eigenvalue weighted by Crippen LogP contribution is 2.29. The monoisotopic (exact) mass is 418 g/mol. The van der Waals surface area contributed by atoms with Gasteiger partial charge in [-0.15, -0.1) is 11.3 Å². The number of hydrogen-bond donors (Lipinski definition) is 1. The summed E-state index contributed by atoms with van der Waals surface area (Å²) in [4.78, 5) is 18.2. The van der Waals surface area contributed by atoms with Gasteiger partial charge >= 0.3 is 0 Å². The molecular formula is C24H22N2O3S. The molecule has 0 saturated carbocycles. The van der Waals surface area contributed by atoms with Crippen LogP contribution in [0, 0.1) is 13.8 Å². The molecule has 0 fully saturated rings. The highest BCUT2D eigenvalue weighted by molar-refractivity contribution is 7.15. The normalized spacial score (nSPS) is 12.4. The van der Waals surface area contributed by atoms with E-state index in [9.17, 15) is 4.79 Å². The summed E-state index contributed by atoms with van der Waals surface area (Å²) >= 11 is 1.48. The van der Waals surface area contributed by atoms with Gasteiger partial charge < -0.3 is 9.47 Å². The van der Waals surface area contributed by atoms with E-state index in [1.807, 2.05) is 24.4 Å². The average molecular weight is 419 g/mol. The molecule has 1 aromatic heterocycles. The van der Waals surface area contributed by atoms with Crippen LogP contribution in [0.15, 0.2) is 60.5 Å². The molecule has 2 aromatic carbocycles. The van der Waals surface area contributed by atoms with Crippen LogP contribution >= 0.6 is 11.3 Å². The minimum Gasteiger partial charge on any atom is -0.497 e. The van der Waals surface area contributed by atoms with Crippen molar-refractivity contribution in [2.75, 3.05) is 12.4 Å². The molecule has 0 radical (unpaired) electrons. The van der Waals surface area contributed by atoms with Gasteiger partial charge in [-0.1, -0.05) is 18.2 Å². The molecule has 1 aliphatic heterocycles. The SMILES string of the molecule is COc1ccc2c(c1)C=C(C(=O)Nc1ncc(Cc3ccc(C)c(C)c3)s1)C=CO2. The third kappa shape index (κ3) is 4.44. The van der Waals surface area contributed by atoms with Crippen LogP contribution < -0.4 is 14.8 Å². The smallest absolute Gasteiger partial charge is 0.257 e. The van der Waals surface area contributed by atoms with Crippen LogP contribution in [-0.2, 0) is 11.2 Å². The highest BCUT2D eigenvalue weighted by Gasteiger charge is 2.15. The molecule has 0 atom stereocenters. The first-order valence-electron chi connectivity index (χ1n) is 9.57. The van der Waals surface area contributed by atoms with E-state index >= 15 is 0 Å². The first-order valence-corrected chi connectivity index (χ1v) is 10.4. The lowest BCUT2D eigenvalue weighted by Gasteiger charge is -2.06. The van der Waals surface area contributed by atoms with E-state index in [0.717, 1.165) is 16.9 Å². The Balaban J connectivity index is 1.48. The van der Waals surface area contributed by atoms with Gasteiger partial charge in [0.1, 0.15) is 11.5 Å². The van der Waals surface area contributed by atoms with Crippen molar-refractivity contribution in [3.8, 4) is 11.5 Å². The Morgan fingerprint density at radius 1 is 1.17 bits per heavy atom. The van der Waals surface area contributed by atoms with Crippen molar-refractivity contribution in [1.82, 2.24) is 4.98 Å². The van der Waals surface area contributed by atoms with Gasteiger partial charge in [-0.2, -0.15) is 0 Å². The fourth-order valence-electron chi connectivity index (χ4n) is 3.14. The zero-order valence-electron chi connectivity index (χ0n) is 17.1. The number of amides is 1. The van der Waals surface area contributed by atoms with Crippen molar-refractivity contribution >= 4 is 28.5 Å². The van der Waals surface area contributed by atoms with E-state index in [1.54, 1.807) is 19.3 Å². The summed E-state index contributed by atoms with van der Waals surface area (Å²) in [5.74, 6) is 1.13. The summed E-state index contributed by atoms with van der Waals surface area (Å²) in [6.45, 7) is 4.22. The maximum Gasteiger partial charge on any atom is 0.257 e. The van der Waals surface area contributed by atoms with Crippen molar-refractivity contribution in [3.63, 3.8) is 0 Å². The minimum absolute atomic E-state index is 0.238. The predicted octanol–water partition coefficient (Wildman–Crippen LogP) is 5.29. The summed E-state index contributed by atoms with van der Waals surface area (Å²) in [5, 5.41) is 3.46. The summed E-state index contributed by atoms with van der Waals surface area (Å²) in [6, 6.07) is 11.9. The molecule has 1 N–H and O–H groups in total. The fourth-order valence-corrected chi connectivity index (χ4v) is 3.98. The molecule has 1 aliphatic rings. The lowest BCUT2D eigenvalue weighted by molar-refractivity contribution is -0.112. The molecule has 2 heterocycles. The van der Waals surface area contributed by atoms with E-state index in [2.05, 4.69) is 42.3 Å². The lowest BCUT2D eigenvalue weighted by atomic mass is 10.0. The van der Waals surface area contributed by atoms with Gasteiger partial charge in [0.15, 0.2) is 5.13 Å². The minimum atomic E-state index is -0.238. The highest BCUT2D eigenvalue weighted by atomic mass is 32.1. The van der Waals surface area contributed by atoms with Crippen LogP contribution in [0.1, 0.15) is 27.1 Å². The number of anilines is 1. The summed E-state index contributed by atoms with van der Waals surface area (Å²) in [7, 11) is 1.60. The molecule has 30 heavy (non-hydrogen) atoms. The Morgan fingerprint density at radius 2 is 2.03 bits per heavy atom. The molecule has 0 spiro atoms. The number of carbonyl (C=O) groups is 1. The molecule has 152 valence electrons. The van der Waals surface area contributed by atoms with Gasteiger partial charge in [0.25, 0.3) is 5.91 Å². The summed E-state index contributed by atoms with van der Waals surface area (Å²) < 4.78 is 10.8. The predicted molar refractivity (Wildman–Crippen MR) is 120 cm³/mol. The van der Waals surface area contributed by atoms with Crippen molar-refractivity contribution in [2.45, 2.75) is 20.3 Å². The van der Waals surface area contributed by atoms with E-state index in [0.29, 0.717) is 22.2 Å². The van der Waals surface area contributed by atoms with Gasteiger partial charge in [0.05, 0.1) is 13.4 Å². The first-order chi connectivity index (χ1) is 14.5. The molecule has 1 amide bonds. The number of ether oxygens (including phenoxy) is 2. The van der Waals surface area contributed by atoms with Crippen LogP contribution in [0.3, 0.4) is 0 Å². The van der Waals surface area contributed by atoms with Gasteiger partial charge in [-0.3, -0.25) is 10.1 Å². The summed E-state index contributed by atoms with van der Waals surface area (Å²) in [5.41, 5.74) is 5.05. The van der Waals surface area contributed by atoms with Crippen LogP contribution in [0.5, 0.6) is 11.5 Å². The molecule has 0 aliphatic carbocycles. The van der Waals surface area contributed by atoms with E-state index in [1.165, 1.54) is 34.3 Å². The average Bonchev–Trinajstić information content (AvgIpc) is 3.05. The van der Waals surface area contributed by atoms with E-state index in [-0.39, 0.29) is 5.91 Å². The number of methoxy groups -OCH3 is 1. The number of fused-ring (bicyclic) bond motifs is 1. The van der Waals surface area contributed by atoms with Gasteiger partial charge in [0, 0.05) is 28.6 Å². The Bertz CT molecular complexity index is 1160. The zero-order valence-corrected chi connectivity index (χ0v) is 17.9. The standard InChI is InChI=1S/C24H22N2O3S/c1-15-4-5-17(10-16(15)2)11-21-14-25-24(30-21)26-23(27)18-8-9-29-22-7-6-20(28-3)13-19(22)12-18/h4-10,12-14H,11H2,1-3H3,(H,25,26,27). The maximum absolute atomic E-state index is 12.8. The quantitative estimate of drug-likeness (QED) is 0.612. The zero-order chi connectivity index (χ0) is 21.1. The van der Waals surface area contributed by atoms with Crippen molar-refractivity contribution < 1.29 is 14.3 Å². The Hall–Kier alpha value is -3.38. The van der Waals surface area contributed by atoms with E-state index < -0.39 is 0 Å². The number of nitrogens with zero attached hydrogens (tertiary/aromatic N) is 1. The number of carbonyl (C=O) groups excluding carboxylic acids is 1. The van der Waals surface area contributed by atoms with Gasteiger partial charge in [0.2, 0.25) is 0 Å². The van der Waals surface area contributed by atoms with Crippen LogP contribution in [-0.4, -0.2) is 18.0 Å². The second-order valence-electron chi connectivity index (χ2n) is 7.11. The number of benzene rings is 2. The molecule has 0 bridgehead atoms. The molecule has 0 saturated heterocycles. The maximum atomic E-state index is 12.8. The second-order valence-corrected chi connectivity index (χ2v) is 8.22. The third-order valence-electron chi connectivity index (χ3n) is 4.96. The molecule has 3 aromatic rings. The van der Waals surface area contributed by atoms with Crippen molar-refractivity contribution in [1.29, 1.82) is 0 Å². The van der Waals surface area contributed by atoms with E-state index in [4.69, 9.17) is 9.47 Å².